The molecule has 0 spiro atoms. The predicted molar refractivity (Wildman–Crippen MR) is 73.6 cm³/mol. The molecule has 1 atom stereocenters. The molecule has 0 aliphatic carbocycles. The summed E-state index contributed by atoms with van der Waals surface area (Å²) < 4.78 is 0. The maximum absolute atomic E-state index is 11.7. The second-order valence-corrected chi connectivity index (χ2v) is 6.59. The van der Waals surface area contributed by atoms with Crippen LogP contribution < -0.4 is 5.32 Å². The summed E-state index contributed by atoms with van der Waals surface area (Å²) in [5.41, 5.74) is 0.727. The van der Waals surface area contributed by atoms with Crippen molar-refractivity contribution in [3.8, 4) is 0 Å². The fourth-order valence-corrected chi connectivity index (χ4v) is 2.54. The molecule has 0 saturated heterocycles. The highest BCUT2D eigenvalue weighted by Crippen LogP contribution is 2.21. The summed E-state index contributed by atoms with van der Waals surface area (Å²) in [5, 5.41) is 15.2. The highest BCUT2D eigenvalue weighted by atomic mass is 32.1. The van der Waals surface area contributed by atoms with E-state index in [1.54, 1.807) is 18.3 Å². The fraction of sp³-hybridized carbons (Fsp3) is 0.692. The zero-order chi connectivity index (χ0) is 13.8. The molecule has 0 bridgehead atoms. The average Bonchev–Trinajstić information content (AvgIpc) is 2.59. The Morgan fingerprint density at radius 2 is 2.28 bits per heavy atom. The minimum absolute atomic E-state index is 0.0148. The van der Waals surface area contributed by atoms with Gasteiger partial charge in [-0.05, 0) is 25.7 Å². The Morgan fingerprint density at radius 1 is 1.61 bits per heavy atom. The fourth-order valence-electron chi connectivity index (χ4n) is 1.93. The molecule has 0 aromatic carbocycles. The van der Waals surface area contributed by atoms with Crippen LogP contribution in [-0.2, 0) is 11.2 Å². The van der Waals surface area contributed by atoms with Crippen molar-refractivity contribution in [2.75, 3.05) is 6.54 Å². The van der Waals surface area contributed by atoms with Crippen LogP contribution in [0.15, 0.2) is 5.38 Å². The van der Waals surface area contributed by atoms with Crippen molar-refractivity contribution in [1.82, 2.24) is 10.3 Å². The number of aryl methyl sites for hydroxylation is 1. The normalized spacial score (nSPS) is 13.4. The monoisotopic (exact) mass is 270 g/mol. The van der Waals surface area contributed by atoms with Crippen molar-refractivity contribution in [3.63, 3.8) is 0 Å². The van der Waals surface area contributed by atoms with Gasteiger partial charge in [0.25, 0.3) is 0 Å². The standard InChI is InChI=1S/C13H22N2O2S/c1-9(16)6-13(3,4)8-14-12(17)5-11-7-18-10(2)15-11/h7,9,16H,5-6,8H2,1-4H3,(H,14,17). The summed E-state index contributed by atoms with van der Waals surface area (Å²) in [6.45, 7) is 8.33. The number of aliphatic hydroxyl groups excluding tert-OH is 1. The molecule has 1 amide bonds. The van der Waals surface area contributed by atoms with Crippen molar-refractivity contribution in [3.05, 3.63) is 16.1 Å². The van der Waals surface area contributed by atoms with Crippen molar-refractivity contribution in [2.24, 2.45) is 5.41 Å². The number of aromatic nitrogens is 1. The van der Waals surface area contributed by atoms with E-state index < -0.39 is 0 Å². The second-order valence-electron chi connectivity index (χ2n) is 5.53. The van der Waals surface area contributed by atoms with Crippen LogP contribution in [-0.4, -0.2) is 28.6 Å². The van der Waals surface area contributed by atoms with Crippen LogP contribution in [0.4, 0.5) is 0 Å². The SMILES string of the molecule is Cc1nc(CC(=O)NCC(C)(C)CC(C)O)cs1. The Hall–Kier alpha value is -0.940. The number of nitrogens with one attached hydrogen (secondary N) is 1. The topological polar surface area (TPSA) is 62.2 Å². The van der Waals surface area contributed by atoms with Crippen molar-refractivity contribution < 1.29 is 9.90 Å². The lowest BCUT2D eigenvalue weighted by atomic mass is 9.87. The molecule has 18 heavy (non-hydrogen) atoms. The third-order valence-corrected chi connectivity index (χ3v) is 3.44. The smallest absolute Gasteiger partial charge is 0.226 e. The number of aliphatic hydroxyl groups is 1. The minimum Gasteiger partial charge on any atom is -0.393 e. The number of hydrogen-bond donors (Lipinski definition) is 2. The summed E-state index contributed by atoms with van der Waals surface area (Å²) in [6, 6.07) is 0. The average molecular weight is 270 g/mol. The van der Waals surface area contributed by atoms with Gasteiger partial charge in [-0.1, -0.05) is 13.8 Å². The van der Waals surface area contributed by atoms with Gasteiger partial charge in [-0.2, -0.15) is 0 Å². The van der Waals surface area contributed by atoms with Crippen LogP contribution >= 0.6 is 11.3 Å². The van der Waals surface area contributed by atoms with Crippen molar-refractivity contribution >= 4 is 17.2 Å². The summed E-state index contributed by atoms with van der Waals surface area (Å²) in [5.74, 6) is -0.0148. The van der Waals surface area contributed by atoms with E-state index in [-0.39, 0.29) is 17.4 Å². The highest BCUT2D eigenvalue weighted by molar-refractivity contribution is 7.09. The molecule has 0 aliphatic heterocycles. The van der Waals surface area contributed by atoms with Gasteiger partial charge in [0.2, 0.25) is 5.91 Å². The third kappa shape index (κ3) is 5.60. The van der Waals surface area contributed by atoms with Crippen molar-refractivity contribution in [1.29, 1.82) is 0 Å². The first-order valence-electron chi connectivity index (χ1n) is 6.14. The maximum Gasteiger partial charge on any atom is 0.226 e. The highest BCUT2D eigenvalue weighted by Gasteiger charge is 2.21. The zero-order valence-electron chi connectivity index (χ0n) is 11.5. The van der Waals surface area contributed by atoms with Gasteiger partial charge in [0.15, 0.2) is 0 Å². The Bertz CT molecular complexity index is 399. The Kier molecular flexibility index (Phi) is 5.28. The molecule has 0 radical (unpaired) electrons. The van der Waals surface area contributed by atoms with Gasteiger partial charge in [0.1, 0.15) is 0 Å². The Morgan fingerprint density at radius 3 is 2.78 bits per heavy atom. The van der Waals surface area contributed by atoms with Crippen LogP contribution in [0.25, 0.3) is 0 Å². The van der Waals surface area contributed by atoms with Gasteiger partial charge in [-0.25, -0.2) is 4.98 Å². The number of carbonyl (C=O) groups excluding carboxylic acids is 1. The first-order chi connectivity index (χ1) is 8.28. The molecule has 1 aromatic rings. The molecular weight excluding hydrogens is 248 g/mol. The number of nitrogens with zero attached hydrogens (tertiary/aromatic N) is 1. The summed E-state index contributed by atoms with van der Waals surface area (Å²) in [7, 11) is 0. The van der Waals surface area contributed by atoms with E-state index >= 15 is 0 Å². The van der Waals surface area contributed by atoms with Gasteiger partial charge < -0.3 is 10.4 Å². The summed E-state index contributed by atoms with van der Waals surface area (Å²) in [6.07, 6.45) is 0.649. The van der Waals surface area contributed by atoms with E-state index in [1.807, 2.05) is 26.2 Å². The van der Waals surface area contributed by atoms with Crippen LogP contribution in [0.2, 0.25) is 0 Å². The molecule has 1 rings (SSSR count). The van der Waals surface area contributed by atoms with Gasteiger partial charge in [-0.15, -0.1) is 11.3 Å². The number of amides is 1. The van der Waals surface area contributed by atoms with Gasteiger partial charge >= 0.3 is 0 Å². The molecule has 0 aliphatic rings. The lowest BCUT2D eigenvalue weighted by Gasteiger charge is -2.26. The van der Waals surface area contributed by atoms with E-state index in [0.29, 0.717) is 19.4 Å². The Labute approximate surface area is 112 Å². The van der Waals surface area contributed by atoms with E-state index in [1.165, 1.54) is 0 Å². The molecule has 2 N–H and O–H groups in total. The van der Waals surface area contributed by atoms with Gasteiger partial charge in [0, 0.05) is 11.9 Å². The van der Waals surface area contributed by atoms with Gasteiger partial charge in [-0.3, -0.25) is 4.79 Å². The van der Waals surface area contributed by atoms with Crippen LogP contribution in [0.1, 0.15) is 37.9 Å². The quantitative estimate of drug-likeness (QED) is 0.830. The summed E-state index contributed by atoms with van der Waals surface area (Å²) in [4.78, 5) is 16.0. The van der Waals surface area contributed by atoms with E-state index in [2.05, 4.69) is 10.3 Å². The van der Waals surface area contributed by atoms with E-state index in [4.69, 9.17) is 0 Å². The first kappa shape index (κ1) is 15.1. The maximum atomic E-state index is 11.7. The molecule has 5 heteroatoms. The lowest BCUT2D eigenvalue weighted by Crippen LogP contribution is -2.36. The van der Waals surface area contributed by atoms with Crippen LogP contribution in [0.5, 0.6) is 0 Å². The molecule has 1 unspecified atom stereocenters. The molecule has 102 valence electrons. The number of rotatable bonds is 6. The van der Waals surface area contributed by atoms with Gasteiger partial charge in [0.05, 0.1) is 23.2 Å². The number of thiazole rings is 1. The molecular formula is C13H22N2O2S. The van der Waals surface area contributed by atoms with Crippen LogP contribution in [0.3, 0.4) is 0 Å². The lowest BCUT2D eigenvalue weighted by molar-refractivity contribution is -0.121. The molecule has 1 aromatic heterocycles. The Balaban J connectivity index is 2.37. The zero-order valence-corrected chi connectivity index (χ0v) is 12.3. The second kappa shape index (κ2) is 6.29. The van der Waals surface area contributed by atoms with Crippen molar-refractivity contribution in [2.45, 2.75) is 46.6 Å². The van der Waals surface area contributed by atoms with Crippen LogP contribution in [0, 0.1) is 12.3 Å². The minimum atomic E-state index is -0.349. The number of hydrogen-bond acceptors (Lipinski definition) is 4. The third-order valence-electron chi connectivity index (χ3n) is 2.62. The van der Waals surface area contributed by atoms with E-state index in [9.17, 15) is 9.90 Å². The first-order valence-corrected chi connectivity index (χ1v) is 7.02. The molecule has 0 fully saturated rings. The number of carbonyl (C=O) groups is 1. The summed E-state index contributed by atoms with van der Waals surface area (Å²) >= 11 is 1.55. The molecule has 0 saturated carbocycles. The largest absolute Gasteiger partial charge is 0.393 e. The van der Waals surface area contributed by atoms with E-state index in [0.717, 1.165) is 10.7 Å². The predicted octanol–water partition coefficient (Wildman–Crippen LogP) is 1.91. The molecule has 1 heterocycles. The molecule has 4 nitrogen and oxygen atoms in total.